The van der Waals surface area contributed by atoms with E-state index in [0.717, 1.165) is 59.3 Å². The van der Waals surface area contributed by atoms with Crippen LogP contribution < -0.4 is 10.1 Å². The lowest BCUT2D eigenvalue weighted by molar-refractivity contribution is -0.125. The lowest BCUT2D eigenvalue weighted by Crippen LogP contribution is -2.29. The molecule has 0 saturated heterocycles. The van der Waals surface area contributed by atoms with Gasteiger partial charge in [-0.2, -0.15) is 0 Å². The monoisotopic (exact) mass is 353 g/mol. The molecule has 0 aliphatic heterocycles. The van der Waals surface area contributed by atoms with E-state index in [0.29, 0.717) is 6.54 Å². The number of carbonyl (C=O) groups is 1. The van der Waals surface area contributed by atoms with E-state index >= 15 is 0 Å². The largest absolute Gasteiger partial charge is 0.496 e. The number of aromatic amines is 1. The van der Waals surface area contributed by atoms with Gasteiger partial charge in [-0.3, -0.25) is 4.79 Å². The van der Waals surface area contributed by atoms with Crippen LogP contribution in [0.1, 0.15) is 36.7 Å². The third kappa shape index (κ3) is 3.31. The molecule has 0 unspecified atom stereocenters. The number of hydrogen-bond donors (Lipinski definition) is 2. The van der Waals surface area contributed by atoms with Crippen LogP contribution in [-0.4, -0.2) is 23.2 Å². The van der Waals surface area contributed by atoms with Crippen molar-refractivity contribution in [1.29, 1.82) is 0 Å². The van der Waals surface area contributed by atoms with Crippen molar-refractivity contribution < 1.29 is 14.1 Å². The summed E-state index contributed by atoms with van der Waals surface area (Å²) in [6, 6.07) is 8.09. The van der Waals surface area contributed by atoms with Crippen LogP contribution >= 0.6 is 0 Å². The number of fused-ring (bicyclic) bond motifs is 1. The maximum absolute atomic E-state index is 12.1. The molecular formula is C20H23N3O3. The van der Waals surface area contributed by atoms with Crippen molar-refractivity contribution in [3.8, 4) is 5.75 Å². The normalized spacial score (nSPS) is 15.2. The number of aryl methyl sites for hydroxylation is 2. The fraction of sp³-hybridized carbons (Fsp3) is 0.400. The summed E-state index contributed by atoms with van der Waals surface area (Å²) in [7, 11) is 1.69. The highest BCUT2D eigenvalue weighted by molar-refractivity contribution is 5.85. The molecule has 3 aromatic rings. The van der Waals surface area contributed by atoms with Crippen LogP contribution in [-0.2, 0) is 24.2 Å². The van der Waals surface area contributed by atoms with E-state index in [9.17, 15) is 4.79 Å². The Balaban J connectivity index is 1.50. The van der Waals surface area contributed by atoms with Gasteiger partial charge in [0.2, 0.25) is 5.91 Å². The van der Waals surface area contributed by atoms with Gasteiger partial charge in [0.05, 0.1) is 19.3 Å². The number of aromatic nitrogens is 2. The summed E-state index contributed by atoms with van der Waals surface area (Å²) in [5.74, 6) is 1.00. The highest BCUT2D eigenvalue weighted by atomic mass is 16.5. The molecule has 0 atom stereocenters. The summed E-state index contributed by atoms with van der Waals surface area (Å²) in [4.78, 5) is 15.5. The highest BCUT2D eigenvalue weighted by Gasteiger charge is 2.44. The molecule has 1 aliphatic rings. The van der Waals surface area contributed by atoms with Gasteiger partial charge in [-0.05, 0) is 49.4 Å². The topological polar surface area (TPSA) is 80.1 Å². The van der Waals surface area contributed by atoms with Gasteiger partial charge in [0, 0.05) is 28.1 Å². The van der Waals surface area contributed by atoms with Gasteiger partial charge < -0.3 is 19.6 Å². The molecule has 26 heavy (non-hydrogen) atoms. The van der Waals surface area contributed by atoms with E-state index in [1.54, 1.807) is 13.4 Å². The van der Waals surface area contributed by atoms with E-state index in [2.05, 4.69) is 27.6 Å². The van der Waals surface area contributed by atoms with Gasteiger partial charge in [-0.25, -0.2) is 0 Å². The van der Waals surface area contributed by atoms with E-state index in [4.69, 9.17) is 9.26 Å². The Morgan fingerprint density at radius 3 is 2.88 bits per heavy atom. The van der Waals surface area contributed by atoms with E-state index in [1.807, 2.05) is 19.1 Å². The first-order valence-corrected chi connectivity index (χ1v) is 8.93. The van der Waals surface area contributed by atoms with Crippen LogP contribution in [0.3, 0.4) is 0 Å². The number of benzene rings is 1. The molecule has 0 radical (unpaired) electrons. The molecule has 136 valence electrons. The Hall–Kier alpha value is -2.76. The quantitative estimate of drug-likeness (QED) is 0.682. The van der Waals surface area contributed by atoms with Crippen LogP contribution in [0.25, 0.3) is 10.9 Å². The Labute approximate surface area is 151 Å². The van der Waals surface area contributed by atoms with Crippen LogP contribution in [0.2, 0.25) is 0 Å². The molecule has 1 amide bonds. The predicted molar refractivity (Wildman–Crippen MR) is 97.9 cm³/mol. The van der Waals surface area contributed by atoms with Gasteiger partial charge in [0.1, 0.15) is 12.0 Å². The number of carbonyl (C=O) groups excluding carboxylic acids is 1. The number of hydrogen-bond acceptors (Lipinski definition) is 4. The van der Waals surface area contributed by atoms with Gasteiger partial charge >= 0.3 is 0 Å². The molecule has 1 fully saturated rings. The van der Waals surface area contributed by atoms with E-state index < -0.39 is 0 Å². The number of ether oxygens (including phenoxy) is 1. The number of nitrogens with one attached hydrogen (secondary N) is 2. The fourth-order valence-corrected chi connectivity index (χ4v) is 3.18. The first-order valence-electron chi connectivity index (χ1n) is 8.93. The number of amides is 1. The van der Waals surface area contributed by atoms with Crippen molar-refractivity contribution in [3.63, 3.8) is 0 Å². The van der Waals surface area contributed by atoms with Crippen molar-refractivity contribution in [2.24, 2.45) is 5.41 Å². The zero-order valence-electron chi connectivity index (χ0n) is 15.1. The summed E-state index contributed by atoms with van der Waals surface area (Å²) in [5.41, 5.74) is 3.93. The molecule has 6 nitrogen and oxygen atoms in total. The minimum atomic E-state index is -0.149. The Kier molecular flexibility index (Phi) is 4.18. The molecule has 2 aromatic heterocycles. The zero-order valence-corrected chi connectivity index (χ0v) is 15.1. The maximum atomic E-state index is 12.1. The van der Waals surface area contributed by atoms with Gasteiger partial charge in [0.15, 0.2) is 0 Å². The predicted octanol–water partition coefficient (Wildman–Crippen LogP) is 3.37. The average molecular weight is 353 g/mol. The minimum Gasteiger partial charge on any atom is -0.496 e. The number of H-pyrrole nitrogens is 1. The van der Waals surface area contributed by atoms with Gasteiger partial charge in [-0.15, -0.1) is 0 Å². The number of rotatable bonds is 7. The fourth-order valence-electron chi connectivity index (χ4n) is 3.18. The second-order valence-electron chi connectivity index (χ2n) is 7.28. The van der Waals surface area contributed by atoms with Crippen LogP contribution in [0.5, 0.6) is 5.75 Å². The SMILES string of the molecule is COc1cc2cc(CNC(=O)C3(C)CC3)[nH]c2cc1CCc1ccon1. The Bertz CT molecular complexity index is 923. The van der Waals surface area contributed by atoms with Crippen molar-refractivity contribution in [1.82, 2.24) is 15.5 Å². The molecule has 2 N–H and O–H groups in total. The molecule has 0 spiro atoms. The first-order chi connectivity index (χ1) is 12.6. The molecule has 1 saturated carbocycles. The van der Waals surface area contributed by atoms with Crippen LogP contribution in [0.4, 0.5) is 0 Å². The lowest BCUT2D eigenvalue weighted by atomic mass is 10.1. The van der Waals surface area contributed by atoms with Crippen molar-refractivity contribution in [2.45, 2.75) is 39.2 Å². The average Bonchev–Trinajstić information content (AvgIpc) is 3.06. The van der Waals surface area contributed by atoms with Gasteiger partial charge in [0.25, 0.3) is 0 Å². The third-order valence-corrected chi connectivity index (χ3v) is 5.21. The standard InChI is InChI=1S/C20H23N3O3/c1-20(6-7-20)19(24)21-12-16-9-14-11-18(25-2)13(10-17(14)22-16)3-4-15-5-8-26-23-15/h5,8-11,22H,3-4,6-7,12H2,1-2H3,(H,21,24). The summed E-state index contributed by atoms with van der Waals surface area (Å²) in [5, 5.41) is 8.06. The maximum Gasteiger partial charge on any atom is 0.226 e. The summed E-state index contributed by atoms with van der Waals surface area (Å²) in [6.07, 6.45) is 5.16. The molecular weight excluding hydrogens is 330 g/mol. The second-order valence-corrected chi connectivity index (χ2v) is 7.28. The molecule has 1 aliphatic carbocycles. The summed E-state index contributed by atoms with van der Waals surface area (Å²) >= 11 is 0. The minimum absolute atomic E-state index is 0.141. The second kappa shape index (κ2) is 6.52. The number of nitrogens with zero attached hydrogens (tertiary/aromatic N) is 1. The zero-order chi connectivity index (χ0) is 18.1. The first kappa shape index (κ1) is 16.7. The molecule has 4 rings (SSSR count). The van der Waals surface area contributed by atoms with Crippen molar-refractivity contribution in [3.05, 3.63) is 47.5 Å². The van der Waals surface area contributed by atoms with Crippen LogP contribution in [0, 0.1) is 5.41 Å². The van der Waals surface area contributed by atoms with Crippen LogP contribution in [0.15, 0.2) is 35.1 Å². The van der Waals surface area contributed by atoms with Crippen molar-refractivity contribution >= 4 is 16.8 Å². The lowest BCUT2D eigenvalue weighted by Gasteiger charge is -2.08. The number of methoxy groups -OCH3 is 1. The smallest absolute Gasteiger partial charge is 0.226 e. The molecule has 2 heterocycles. The summed E-state index contributed by atoms with van der Waals surface area (Å²) < 4.78 is 10.4. The Morgan fingerprint density at radius 1 is 1.35 bits per heavy atom. The third-order valence-electron chi connectivity index (χ3n) is 5.21. The summed E-state index contributed by atoms with van der Waals surface area (Å²) in [6.45, 7) is 2.53. The molecule has 6 heteroatoms. The highest BCUT2D eigenvalue weighted by Crippen LogP contribution is 2.45. The van der Waals surface area contributed by atoms with Crippen molar-refractivity contribution in [2.75, 3.05) is 7.11 Å². The van der Waals surface area contributed by atoms with E-state index in [-0.39, 0.29) is 11.3 Å². The van der Waals surface area contributed by atoms with Gasteiger partial charge in [-0.1, -0.05) is 12.1 Å². The van der Waals surface area contributed by atoms with E-state index in [1.165, 1.54) is 0 Å². The Morgan fingerprint density at radius 2 is 2.19 bits per heavy atom. The molecule has 1 aromatic carbocycles. The molecule has 0 bridgehead atoms.